The zero-order valence-corrected chi connectivity index (χ0v) is 11.8. The summed E-state index contributed by atoms with van der Waals surface area (Å²) in [6.45, 7) is 5.95. The van der Waals surface area contributed by atoms with Gasteiger partial charge >= 0.3 is 0 Å². The van der Waals surface area contributed by atoms with Crippen molar-refractivity contribution in [3.8, 4) is 0 Å². The Kier molecular flexibility index (Phi) is 5.26. The first-order valence-corrected chi connectivity index (χ1v) is 6.82. The fourth-order valence-corrected chi connectivity index (χ4v) is 2.51. The molecular formula is C12H19IO2. The maximum Gasteiger partial charge on any atom is 0.160 e. The Morgan fingerprint density at radius 1 is 1.67 bits per heavy atom. The minimum absolute atomic E-state index is 0.0214. The molecule has 0 heterocycles. The van der Waals surface area contributed by atoms with Crippen LogP contribution in [0.15, 0.2) is 11.6 Å². The van der Waals surface area contributed by atoms with Crippen LogP contribution in [-0.2, 0) is 9.53 Å². The number of hydrogen-bond acceptors (Lipinski definition) is 2. The SMILES string of the molecule is CCC(=O)C1=CC[C@H](I)C[C@@H]1OC(C)C. The number of hydrogen-bond donors (Lipinski definition) is 0. The van der Waals surface area contributed by atoms with Crippen molar-refractivity contribution in [3.05, 3.63) is 11.6 Å². The lowest BCUT2D eigenvalue weighted by molar-refractivity contribution is -0.117. The zero-order valence-electron chi connectivity index (χ0n) is 9.63. The number of ether oxygens (including phenoxy) is 1. The van der Waals surface area contributed by atoms with E-state index in [2.05, 4.69) is 28.7 Å². The van der Waals surface area contributed by atoms with E-state index in [9.17, 15) is 4.79 Å². The molecule has 1 aliphatic carbocycles. The van der Waals surface area contributed by atoms with E-state index in [0.29, 0.717) is 10.3 Å². The molecule has 15 heavy (non-hydrogen) atoms. The lowest BCUT2D eigenvalue weighted by atomic mass is 9.92. The summed E-state index contributed by atoms with van der Waals surface area (Å²) in [5.41, 5.74) is 0.902. The first-order chi connectivity index (χ1) is 7.04. The normalized spacial score (nSPS) is 26.6. The molecule has 0 spiro atoms. The summed E-state index contributed by atoms with van der Waals surface area (Å²) in [7, 11) is 0. The van der Waals surface area contributed by atoms with E-state index in [-0.39, 0.29) is 18.0 Å². The van der Waals surface area contributed by atoms with Crippen LogP contribution in [0.2, 0.25) is 0 Å². The highest BCUT2D eigenvalue weighted by Gasteiger charge is 2.27. The Balaban J connectivity index is 2.75. The van der Waals surface area contributed by atoms with Gasteiger partial charge < -0.3 is 4.74 Å². The van der Waals surface area contributed by atoms with Crippen molar-refractivity contribution in [3.63, 3.8) is 0 Å². The Labute approximate surface area is 106 Å². The van der Waals surface area contributed by atoms with Crippen LogP contribution in [-0.4, -0.2) is 21.9 Å². The standard InChI is InChI=1S/C12H19IO2/c1-4-11(14)10-6-5-9(13)7-12(10)15-8(2)3/h6,8-9,12H,4-5,7H2,1-3H3/t9-,12-/m0/s1. The Bertz CT molecular complexity index is 258. The summed E-state index contributed by atoms with van der Waals surface area (Å²) in [5.74, 6) is 0.240. The van der Waals surface area contributed by atoms with Gasteiger partial charge in [-0.15, -0.1) is 0 Å². The van der Waals surface area contributed by atoms with Crippen LogP contribution in [0.1, 0.15) is 40.0 Å². The van der Waals surface area contributed by atoms with Gasteiger partial charge in [0.25, 0.3) is 0 Å². The second-order valence-electron chi connectivity index (χ2n) is 4.18. The molecule has 0 aromatic carbocycles. The Hall–Kier alpha value is 0.1000. The van der Waals surface area contributed by atoms with Crippen LogP contribution in [0.3, 0.4) is 0 Å². The number of allylic oxidation sites excluding steroid dienone is 1. The molecular weight excluding hydrogens is 303 g/mol. The van der Waals surface area contributed by atoms with Crippen molar-refractivity contribution in [1.29, 1.82) is 0 Å². The third-order valence-electron chi connectivity index (χ3n) is 2.49. The third kappa shape index (κ3) is 3.87. The number of rotatable bonds is 4. The van der Waals surface area contributed by atoms with E-state index >= 15 is 0 Å². The van der Waals surface area contributed by atoms with Crippen molar-refractivity contribution in [1.82, 2.24) is 0 Å². The third-order valence-corrected chi connectivity index (χ3v) is 3.51. The highest BCUT2D eigenvalue weighted by Crippen LogP contribution is 2.28. The fraction of sp³-hybridized carbons (Fsp3) is 0.750. The molecule has 1 aliphatic rings. The zero-order chi connectivity index (χ0) is 11.4. The minimum Gasteiger partial charge on any atom is -0.371 e. The summed E-state index contributed by atoms with van der Waals surface area (Å²) < 4.78 is 6.40. The van der Waals surface area contributed by atoms with Gasteiger partial charge in [0.1, 0.15) is 0 Å². The molecule has 0 amide bonds. The molecule has 3 heteroatoms. The molecule has 2 nitrogen and oxygen atoms in total. The summed E-state index contributed by atoms with van der Waals surface area (Å²) in [5, 5.41) is 0. The van der Waals surface area contributed by atoms with Gasteiger partial charge in [0.05, 0.1) is 12.2 Å². The second kappa shape index (κ2) is 5.99. The molecule has 2 atom stereocenters. The van der Waals surface area contributed by atoms with E-state index in [4.69, 9.17) is 4.74 Å². The van der Waals surface area contributed by atoms with Crippen LogP contribution in [0, 0.1) is 0 Å². The average molecular weight is 322 g/mol. The van der Waals surface area contributed by atoms with Crippen LogP contribution in [0.4, 0.5) is 0 Å². The maximum atomic E-state index is 11.7. The van der Waals surface area contributed by atoms with E-state index in [1.54, 1.807) is 0 Å². The summed E-state index contributed by atoms with van der Waals surface area (Å²) >= 11 is 2.43. The Morgan fingerprint density at radius 2 is 2.33 bits per heavy atom. The topological polar surface area (TPSA) is 26.3 Å². The number of ketones is 1. The van der Waals surface area contributed by atoms with Crippen molar-refractivity contribution in [2.75, 3.05) is 0 Å². The Morgan fingerprint density at radius 3 is 2.87 bits per heavy atom. The number of carbonyl (C=O) groups is 1. The highest BCUT2D eigenvalue weighted by molar-refractivity contribution is 14.1. The summed E-state index contributed by atoms with van der Waals surface area (Å²) in [6.07, 6.45) is 4.82. The smallest absolute Gasteiger partial charge is 0.160 e. The highest BCUT2D eigenvalue weighted by atomic mass is 127. The molecule has 0 fully saturated rings. The largest absolute Gasteiger partial charge is 0.371 e. The van der Waals surface area contributed by atoms with Crippen LogP contribution >= 0.6 is 22.6 Å². The molecule has 0 aromatic rings. The van der Waals surface area contributed by atoms with E-state index in [1.807, 2.05) is 20.8 Å². The van der Waals surface area contributed by atoms with Gasteiger partial charge in [-0.1, -0.05) is 35.6 Å². The lowest BCUT2D eigenvalue weighted by Crippen LogP contribution is -2.30. The predicted molar refractivity (Wildman–Crippen MR) is 70.4 cm³/mol. The molecule has 0 N–H and O–H groups in total. The summed E-state index contributed by atoms with van der Waals surface area (Å²) in [4.78, 5) is 11.7. The fourth-order valence-electron chi connectivity index (χ4n) is 1.80. The molecule has 0 bridgehead atoms. The number of halogens is 1. The minimum atomic E-state index is 0.0214. The molecule has 0 saturated carbocycles. The molecule has 86 valence electrons. The van der Waals surface area contributed by atoms with Crippen molar-refractivity contribution in [2.45, 2.75) is 56.2 Å². The number of Topliss-reactive ketones (excluding diaryl/α,β-unsaturated/α-hetero) is 1. The number of carbonyl (C=O) groups excluding carboxylic acids is 1. The quantitative estimate of drug-likeness (QED) is 0.586. The van der Waals surface area contributed by atoms with Gasteiger partial charge in [-0.3, -0.25) is 4.79 Å². The van der Waals surface area contributed by atoms with Gasteiger partial charge in [0.2, 0.25) is 0 Å². The first kappa shape index (κ1) is 13.2. The maximum absolute atomic E-state index is 11.7. The molecule has 0 aromatic heterocycles. The van der Waals surface area contributed by atoms with Gasteiger partial charge in [-0.25, -0.2) is 0 Å². The lowest BCUT2D eigenvalue weighted by Gasteiger charge is -2.28. The van der Waals surface area contributed by atoms with E-state index in [1.165, 1.54) is 0 Å². The summed E-state index contributed by atoms with van der Waals surface area (Å²) in [6, 6.07) is 0. The second-order valence-corrected chi connectivity index (χ2v) is 5.94. The molecule has 1 rings (SSSR count). The number of alkyl halides is 1. The average Bonchev–Trinajstić information content (AvgIpc) is 2.16. The van der Waals surface area contributed by atoms with Crippen LogP contribution in [0.5, 0.6) is 0 Å². The van der Waals surface area contributed by atoms with Crippen LogP contribution in [0.25, 0.3) is 0 Å². The van der Waals surface area contributed by atoms with Gasteiger partial charge in [-0.2, -0.15) is 0 Å². The first-order valence-electron chi connectivity index (χ1n) is 5.57. The van der Waals surface area contributed by atoms with E-state index in [0.717, 1.165) is 18.4 Å². The van der Waals surface area contributed by atoms with Crippen molar-refractivity contribution < 1.29 is 9.53 Å². The van der Waals surface area contributed by atoms with Crippen LogP contribution < -0.4 is 0 Å². The van der Waals surface area contributed by atoms with E-state index < -0.39 is 0 Å². The molecule has 0 aliphatic heterocycles. The van der Waals surface area contributed by atoms with Crippen molar-refractivity contribution >= 4 is 28.4 Å². The molecule has 0 radical (unpaired) electrons. The van der Waals surface area contributed by atoms with Crippen molar-refractivity contribution in [2.24, 2.45) is 0 Å². The van der Waals surface area contributed by atoms with Gasteiger partial charge in [0.15, 0.2) is 5.78 Å². The van der Waals surface area contributed by atoms with Gasteiger partial charge in [0, 0.05) is 15.9 Å². The molecule has 0 unspecified atom stereocenters. The van der Waals surface area contributed by atoms with Gasteiger partial charge in [-0.05, 0) is 26.7 Å². The predicted octanol–water partition coefficient (Wildman–Crippen LogP) is 3.28. The molecule has 0 saturated heterocycles. The monoisotopic (exact) mass is 322 g/mol.